The van der Waals surface area contributed by atoms with E-state index in [1.165, 1.54) is 6.08 Å². The fourth-order valence-corrected chi connectivity index (χ4v) is 2.18. The number of carbonyl (C=O) groups is 1. The third-order valence-electron chi connectivity index (χ3n) is 3.42. The number of rotatable bonds is 6. The van der Waals surface area contributed by atoms with Gasteiger partial charge in [0, 0.05) is 12.0 Å². The number of benzene rings is 1. The Labute approximate surface area is 112 Å². The summed E-state index contributed by atoms with van der Waals surface area (Å²) in [6.07, 6.45) is 2.33. The van der Waals surface area contributed by atoms with E-state index in [2.05, 4.69) is 0 Å². The molecule has 4 nitrogen and oxygen atoms in total. The monoisotopic (exact) mass is 262 g/mol. The van der Waals surface area contributed by atoms with Gasteiger partial charge >= 0.3 is 5.97 Å². The Morgan fingerprint density at radius 3 is 2.74 bits per heavy atom. The van der Waals surface area contributed by atoms with Crippen molar-refractivity contribution < 1.29 is 19.7 Å². The molecule has 19 heavy (non-hydrogen) atoms. The van der Waals surface area contributed by atoms with Gasteiger partial charge in [-0.3, -0.25) is 0 Å². The van der Waals surface area contributed by atoms with Crippen LogP contribution in [0.1, 0.15) is 25.0 Å². The van der Waals surface area contributed by atoms with Crippen LogP contribution in [0.2, 0.25) is 0 Å². The molecule has 0 spiro atoms. The lowest BCUT2D eigenvalue weighted by molar-refractivity contribution is -0.131. The normalized spacial score (nSPS) is 25.2. The molecular formula is C15H18O4. The second kappa shape index (κ2) is 5.99. The second-order valence-electron chi connectivity index (χ2n) is 4.83. The van der Waals surface area contributed by atoms with Gasteiger partial charge in [-0.25, -0.2) is 4.79 Å². The molecule has 2 N–H and O–H groups in total. The zero-order chi connectivity index (χ0) is 13.8. The third kappa shape index (κ3) is 3.66. The van der Waals surface area contributed by atoms with Gasteiger partial charge in [0.1, 0.15) is 6.10 Å². The second-order valence-corrected chi connectivity index (χ2v) is 4.83. The fourth-order valence-electron chi connectivity index (χ4n) is 2.18. The van der Waals surface area contributed by atoms with E-state index < -0.39 is 12.1 Å². The Bertz CT molecular complexity index is 454. The predicted octanol–water partition coefficient (Wildman–Crippen LogP) is 2.15. The minimum absolute atomic E-state index is 0.00984. The quantitative estimate of drug-likeness (QED) is 0.609. The third-order valence-corrected chi connectivity index (χ3v) is 3.42. The summed E-state index contributed by atoms with van der Waals surface area (Å²) in [4.78, 5) is 10.3. The van der Waals surface area contributed by atoms with Crippen molar-refractivity contribution in [3.05, 3.63) is 48.0 Å². The number of aliphatic hydroxyl groups is 1. The van der Waals surface area contributed by atoms with E-state index in [0.29, 0.717) is 6.42 Å². The summed E-state index contributed by atoms with van der Waals surface area (Å²) in [5.41, 5.74) is 1.12. The number of aliphatic carboxylic acids is 1. The van der Waals surface area contributed by atoms with Gasteiger partial charge in [-0.1, -0.05) is 43.3 Å². The predicted molar refractivity (Wildman–Crippen MR) is 70.6 cm³/mol. The lowest BCUT2D eigenvalue weighted by atomic mass is 9.94. The first kappa shape index (κ1) is 13.8. The molecule has 4 heteroatoms. The average molecular weight is 262 g/mol. The van der Waals surface area contributed by atoms with E-state index in [1.807, 2.05) is 37.3 Å². The van der Waals surface area contributed by atoms with E-state index in [1.54, 1.807) is 0 Å². The molecule has 1 saturated heterocycles. The van der Waals surface area contributed by atoms with Gasteiger partial charge in [-0.15, -0.1) is 0 Å². The van der Waals surface area contributed by atoms with Crippen molar-refractivity contribution in [2.75, 3.05) is 0 Å². The van der Waals surface area contributed by atoms with Gasteiger partial charge in [0.25, 0.3) is 0 Å². The molecule has 4 unspecified atom stereocenters. The highest BCUT2D eigenvalue weighted by Gasteiger charge is 2.45. The molecule has 0 aliphatic carbocycles. The number of carboxylic acids is 1. The summed E-state index contributed by atoms with van der Waals surface area (Å²) >= 11 is 0. The molecule has 2 rings (SSSR count). The van der Waals surface area contributed by atoms with E-state index in [0.717, 1.165) is 11.6 Å². The molecule has 102 valence electrons. The number of epoxide rings is 1. The SMILES string of the molecule is CC(C(O)C/C=C/C(=O)O)C1OC1c1ccccc1. The van der Waals surface area contributed by atoms with Crippen LogP contribution in [0.4, 0.5) is 0 Å². The van der Waals surface area contributed by atoms with Crippen molar-refractivity contribution in [1.29, 1.82) is 0 Å². The van der Waals surface area contributed by atoms with Crippen LogP contribution >= 0.6 is 0 Å². The van der Waals surface area contributed by atoms with Crippen molar-refractivity contribution >= 4 is 5.97 Å². The number of ether oxygens (including phenoxy) is 1. The highest BCUT2D eigenvalue weighted by Crippen LogP contribution is 2.44. The number of carboxylic acid groups (broad SMARTS) is 1. The van der Waals surface area contributed by atoms with E-state index in [9.17, 15) is 9.90 Å². The maximum absolute atomic E-state index is 10.3. The Morgan fingerprint density at radius 1 is 1.42 bits per heavy atom. The van der Waals surface area contributed by atoms with Crippen LogP contribution in [-0.2, 0) is 9.53 Å². The average Bonchev–Trinajstić information content (AvgIpc) is 3.18. The molecule has 1 aromatic carbocycles. The highest BCUT2D eigenvalue weighted by molar-refractivity contribution is 5.79. The summed E-state index contributed by atoms with van der Waals surface area (Å²) in [6, 6.07) is 9.90. The van der Waals surface area contributed by atoms with Crippen LogP contribution < -0.4 is 0 Å². The van der Waals surface area contributed by atoms with Gasteiger partial charge in [-0.2, -0.15) is 0 Å². The van der Waals surface area contributed by atoms with Crippen LogP contribution in [0, 0.1) is 5.92 Å². The molecule has 0 saturated carbocycles. The fraction of sp³-hybridized carbons (Fsp3) is 0.400. The molecule has 0 amide bonds. The molecule has 0 radical (unpaired) electrons. The lowest BCUT2D eigenvalue weighted by Gasteiger charge is -2.15. The molecule has 1 aliphatic rings. The van der Waals surface area contributed by atoms with Gasteiger partial charge in [0.2, 0.25) is 0 Å². The Kier molecular flexibility index (Phi) is 4.35. The zero-order valence-corrected chi connectivity index (χ0v) is 10.8. The van der Waals surface area contributed by atoms with Crippen LogP contribution in [0.25, 0.3) is 0 Å². The van der Waals surface area contributed by atoms with Crippen LogP contribution in [0.3, 0.4) is 0 Å². The molecular weight excluding hydrogens is 244 g/mol. The zero-order valence-electron chi connectivity index (χ0n) is 10.8. The maximum Gasteiger partial charge on any atom is 0.327 e. The highest BCUT2D eigenvalue weighted by atomic mass is 16.6. The van der Waals surface area contributed by atoms with Crippen LogP contribution in [0.5, 0.6) is 0 Å². The Morgan fingerprint density at radius 2 is 2.11 bits per heavy atom. The van der Waals surface area contributed by atoms with Crippen molar-refractivity contribution in [3.63, 3.8) is 0 Å². The maximum atomic E-state index is 10.3. The summed E-state index contributed by atoms with van der Waals surface area (Å²) in [5.74, 6) is -1.02. The van der Waals surface area contributed by atoms with Gasteiger partial charge in [0.05, 0.1) is 12.2 Å². The van der Waals surface area contributed by atoms with Crippen molar-refractivity contribution in [2.24, 2.45) is 5.92 Å². The van der Waals surface area contributed by atoms with E-state index >= 15 is 0 Å². The number of hydrogen-bond donors (Lipinski definition) is 2. The van der Waals surface area contributed by atoms with Gasteiger partial charge < -0.3 is 14.9 Å². The minimum Gasteiger partial charge on any atom is -0.478 e. The molecule has 0 aromatic heterocycles. The van der Waals surface area contributed by atoms with E-state index in [4.69, 9.17) is 9.84 Å². The van der Waals surface area contributed by atoms with Gasteiger partial charge in [0.15, 0.2) is 0 Å². The Hall–Kier alpha value is -1.65. The van der Waals surface area contributed by atoms with Gasteiger partial charge in [-0.05, 0) is 12.0 Å². The largest absolute Gasteiger partial charge is 0.478 e. The summed E-state index contributed by atoms with van der Waals surface area (Å²) in [7, 11) is 0. The smallest absolute Gasteiger partial charge is 0.327 e. The Balaban J connectivity index is 1.85. The first-order valence-electron chi connectivity index (χ1n) is 6.37. The summed E-state index contributed by atoms with van der Waals surface area (Å²) < 4.78 is 5.61. The molecule has 1 aliphatic heterocycles. The van der Waals surface area contributed by atoms with Crippen molar-refractivity contribution in [2.45, 2.75) is 31.7 Å². The van der Waals surface area contributed by atoms with Crippen molar-refractivity contribution in [1.82, 2.24) is 0 Å². The lowest BCUT2D eigenvalue weighted by Crippen LogP contribution is -2.22. The standard InChI is InChI=1S/C15H18O4/c1-10(12(16)8-5-9-13(17)18)14-15(19-14)11-6-3-2-4-7-11/h2-7,9-10,12,14-16H,8H2,1H3,(H,17,18)/b9-5+. The first-order chi connectivity index (χ1) is 9.09. The molecule has 0 bridgehead atoms. The molecule has 4 atom stereocenters. The first-order valence-corrected chi connectivity index (χ1v) is 6.37. The van der Waals surface area contributed by atoms with Crippen LogP contribution in [-0.4, -0.2) is 28.4 Å². The summed E-state index contributed by atoms with van der Waals surface area (Å²) in [5, 5.41) is 18.5. The van der Waals surface area contributed by atoms with E-state index in [-0.39, 0.29) is 18.1 Å². The topological polar surface area (TPSA) is 70.1 Å². The van der Waals surface area contributed by atoms with Crippen molar-refractivity contribution in [3.8, 4) is 0 Å². The molecule has 1 fully saturated rings. The summed E-state index contributed by atoms with van der Waals surface area (Å²) in [6.45, 7) is 1.92. The minimum atomic E-state index is -0.996. The number of aliphatic hydroxyl groups excluding tert-OH is 1. The molecule has 1 aromatic rings. The van der Waals surface area contributed by atoms with Crippen LogP contribution in [0.15, 0.2) is 42.5 Å². The molecule has 1 heterocycles. The number of hydrogen-bond acceptors (Lipinski definition) is 3.